The number of rotatable bonds is 8. The second-order valence-corrected chi connectivity index (χ2v) is 6.60. The van der Waals surface area contributed by atoms with Crippen LogP contribution in [-0.2, 0) is 6.18 Å². The van der Waals surface area contributed by atoms with Gasteiger partial charge in [0.25, 0.3) is 0 Å². The van der Waals surface area contributed by atoms with Crippen molar-refractivity contribution >= 4 is 11.6 Å². The Labute approximate surface area is 163 Å². The number of alkyl halides is 3. The Kier molecular flexibility index (Phi) is 7.10. The van der Waals surface area contributed by atoms with Gasteiger partial charge in [-0.3, -0.25) is 0 Å². The molecule has 1 atom stereocenters. The minimum Gasteiger partial charge on any atom is -0.489 e. The highest BCUT2D eigenvalue weighted by atomic mass is 19.4. The number of nitrogens with zero attached hydrogens (tertiary/aromatic N) is 3. The van der Waals surface area contributed by atoms with Crippen LogP contribution in [0.15, 0.2) is 30.5 Å². The molecule has 1 aromatic carbocycles. The Morgan fingerprint density at radius 1 is 1.07 bits per heavy atom. The van der Waals surface area contributed by atoms with E-state index in [0.29, 0.717) is 24.4 Å². The molecule has 0 radical (unpaired) electrons. The Balaban J connectivity index is 2.52. The van der Waals surface area contributed by atoms with Crippen LogP contribution in [0.3, 0.4) is 0 Å². The maximum atomic E-state index is 13.4. The number of anilines is 2. The number of benzene rings is 1. The SMILES string of the molecule is CCC(C)Oc1nc(N(CC)c2ccccc2OC(C)C)ncc1C(F)(F)F. The van der Waals surface area contributed by atoms with Crippen LogP contribution in [0.5, 0.6) is 11.6 Å². The zero-order valence-electron chi connectivity index (χ0n) is 16.7. The van der Waals surface area contributed by atoms with Crippen molar-refractivity contribution in [1.82, 2.24) is 9.97 Å². The number of hydrogen-bond donors (Lipinski definition) is 0. The molecule has 0 saturated heterocycles. The summed E-state index contributed by atoms with van der Waals surface area (Å²) in [7, 11) is 0. The maximum Gasteiger partial charge on any atom is 0.423 e. The number of hydrogen-bond acceptors (Lipinski definition) is 5. The van der Waals surface area contributed by atoms with Crippen molar-refractivity contribution in [3.05, 3.63) is 36.0 Å². The molecule has 0 amide bonds. The van der Waals surface area contributed by atoms with Crippen molar-refractivity contribution in [2.75, 3.05) is 11.4 Å². The lowest BCUT2D eigenvalue weighted by Crippen LogP contribution is -2.23. The molecule has 2 rings (SSSR count). The Morgan fingerprint density at radius 2 is 1.75 bits per heavy atom. The summed E-state index contributed by atoms with van der Waals surface area (Å²) < 4.78 is 51.4. The van der Waals surface area contributed by atoms with Gasteiger partial charge in [0.2, 0.25) is 11.8 Å². The summed E-state index contributed by atoms with van der Waals surface area (Å²) in [5, 5.41) is 0. The normalized spacial score (nSPS) is 12.8. The molecule has 1 unspecified atom stereocenters. The van der Waals surface area contributed by atoms with Crippen LogP contribution >= 0.6 is 0 Å². The summed E-state index contributed by atoms with van der Waals surface area (Å²) in [5.41, 5.74) is -0.313. The van der Waals surface area contributed by atoms with Crippen LogP contribution in [-0.4, -0.2) is 28.7 Å². The highest BCUT2D eigenvalue weighted by molar-refractivity contribution is 5.65. The summed E-state index contributed by atoms with van der Waals surface area (Å²) in [6.45, 7) is 9.64. The molecule has 28 heavy (non-hydrogen) atoms. The van der Waals surface area contributed by atoms with Crippen LogP contribution < -0.4 is 14.4 Å². The van der Waals surface area contributed by atoms with E-state index in [1.807, 2.05) is 45.9 Å². The van der Waals surface area contributed by atoms with Crippen molar-refractivity contribution in [1.29, 1.82) is 0 Å². The zero-order chi connectivity index (χ0) is 20.9. The number of halogens is 3. The van der Waals surface area contributed by atoms with E-state index >= 15 is 0 Å². The molecule has 0 fully saturated rings. The van der Waals surface area contributed by atoms with Crippen LogP contribution in [0.1, 0.15) is 46.6 Å². The number of ether oxygens (including phenoxy) is 2. The largest absolute Gasteiger partial charge is 0.489 e. The van der Waals surface area contributed by atoms with Gasteiger partial charge in [-0.15, -0.1) is 0 Å². The number of para-hydroxylation sites is 2. The molecule has 0 saturated carbocycles. The van der Waals surface area contributed by atoms with Gasteiger partial charge in [-0.2, -0.15) is 18.2 Å². The monoisotopic (exact) mass is 397 g/mol. The zero-order valence-corrected chi connectivity index (χ0v) is 16.7. The van der Waals surface area contributed by atoms with Gasteiger partial charge in [0.15, 0.2) is 0 Å². The average molecular weight is 397 g/mol. The predicted molar refractivity (Wildman–Crippen MR) is 102 cm³/mol. The average Bonchev–Trinajstić information content (AvgIpc) is 2.62. The molecule has 0 aliphatic heterocycles. The van der Waals surface area contributed by atoms with E-state index in [2.05, 4.69) is 9.97 Å². The molecule has 0 N–H and O–H groups in total. The topological polar surface area (TPSA) is 47.5 Å². The standard InChI is InChI=1S/C20H26F3N3O2/c1-6-14(5)28-18-15(20(21,22)23)12-24-19(25-18)26(7-2)16-10-8-9-11-17(16)27-13(3)4/h8-14H,6-7H2,1-5H3. The van der Waals surface area contributed by atoms with Crippen LogP contribution in [0.4, 0.5) is 24.8 Å². The Bertz CT molecular complexity index is 782. The van der Waals surface area contributed by atoms with Gasteiger partial charge in [-0.1, -0.05) is 19.1 Å². The van der Waals surface area contributed by atoms with E-state index < -0.39 is 23.7 Å². The minimum absolute atomic E-state index is 0.0577. The predicted octanol–water partition coefficient (Wildman–Crippen LogP) is 5.62. The van der Waals surface area contributed by atoms with Crippen LogP contribution in [0.2, 0.25) is 0 Å². The quantitative estimate of drug-likeness (QED) is 0.579. The summed E-state index contributed by atoms with van der Waals surface area (Å²) in [4.78, 5) is 9.77. The first-order valence-electron chi connectivity index (χ1n) is 9.31. The van der Waals surface area contributed by atoms with Crippen molar-refractivity contribution in [2.24, 2.45) is 0 Å². The highest BCUT2D eigenvalue weighted by Gasteiger charge is 2.37. The molecule has 2 aromatic rings. The van der Waals surface area contributed by atoms with Crippen LogP contribution in [0, 0.1) is 0 Å². The third-order valence-corrected chi connectivity index (χ3v) is 4.01. The lowest BCUT2D eigenvalue weighted by atomic mass is 10.2. The van der Waals surface area contributed by atoms with Gasteiger partial charge in [0, 0.05) is 12.7 Å². The Morgan fingerprint density at radius 3 is 2.32 bits per heavy atom. The molecule has 0 bridgehead atoms. The van der Waals surface area contributed by atoms with Gasteiger partial charge < -0.3 is 14.4 Å². The molecule has 1 heterocycles. The van der Waals surface area contributed by atoms with E-state index in [0.717, 1.165) is 6.20 Å². The fourth-order valence-corrected chi connectivity index (χ4v) is 2.50. The molecule has 0 aliphatic carbocycles. The van der Waals surface area contributed by atoms with E-state index in [9.17, 15) is 13.2 Å². The first-order chi connectivity index (χ1) is 13.2. The molecule has 5 nitrogen and oxygen atoms in total. The molecule has 0 spiro atoms. The van der Waals surface area contributed by atoms with Gasteiger partial charge in [-0.05, 0) is 46.2 Å². The van der Waals surface area contributed by atoms with Gasteiger partial charge in [0.05, 0.1) is 17.9 Å². The molecule has 154 valence electrons. The molecule has 8 heteroatoms. The second-order valence-electron chi connectivity index (χ2n) is 6.60. The lowest BCUT2D eigenvalue weighted by Gasteiger charge is -2.25. The van der Waals surface area contributed by atoms with E-state index in [4.69, 9.17) is 9.47 Å². The van der Waals surface area contributed by atoms with Gasteiger partial charge in [0.1, 0.15) is 11.3 Å². The summed E-state index contributed by atoms with van der Waals surface area (Å²) >= 11 is 0. The van der Waals surface area contributed by atoms with Gasteiger partial charge in [-0.25, -0.2) is 4.98 Å². The maximum absolute atomic E-state index is 13.4. The molecular weight excluding hydrogens is 371 g/mol. The lowest BCUT2D eigenvalue weighted by molar-refractivity contribution is -0.139. The minimum atomic E-state index is -4.60. The highest BCUT2D eigenvalue weighted by Crippen LogP contribution is 2.38. The summed E-state index contributed by atoms with van der Waals surface area (Å²) in [6, 6.07) is 7.28. The van der Waals surface area contributed by atoms with Gasteiger partial charge >= 0.3 is 6.18 Å². The fraction of sp³-hybridized carbons (Fsp3) is 0.500. The van der Waals surface area contributed by atoms with Crippen molar-refractivity contribution in [3.63, 3.8) is 0 Å². The molecular formula is C20H26F3N3O2. The summed E-state index contributed by atoms with van der Waals surface area (Å²) in [5.74, 6) is 0.258. The first kappa shape index (κ1) is 21.8. The number of aromatic nitrogens is 2. The third-order valence-electron chi connectivity index (χ3n) is 4.01. The van der Waals surface area contributed by atoms with E-state index in [1.165, 1.54) is 0 Å². The molecule has 0 aliphatic rings. The first-order valence-corrected chi connectivity index (χ1v) is 9.31. The van der Waals surface area contributed by atoms with E-state index in [1.54, 1.807) is 17.9 Å². The van der Waals surface area contributed by atoms with E-state index in [-0.39, 0.29) is 12.1 Å². The van der Waals surface area contributed by atoms with Crippen LogP contribution in [0.25, 0.3) is 0 Å². The fourth-order valence-electron chi connectivity index (χ4n) is 2.50. The van der Waals surface area contributed by atoms with Crippen molar-refractivity contribution < 1.29 is 22.6 Å². The smallest absolute Gasteiger partial charge is 0.423 e. The van der Waals surface area contributed by atoms with Crippen molar-refractivity contribution in [2.45, 2.75) is 59.4 Å². The Hall–Kier alpha value is -2.51. The third kappa shape index (κ3) is 5.27. The summed E-state index contributed by atoms with van der Waals surface area (Å²) in [6.07, 6.45) is -3.74. The second kappa shape index (κ2) is 9.12. The van der Waals surface area contributed by atoms with Crippen molar-refractivity contribution in [3.8, 4) is 11.6 Å². The molecule has 1 aromatic heterocycles.